The lowest BCUT2D eigenvalue weighted by Gasteiger charge is -2.08. The van der Waals surface area contributed by atoms with Gasteiger partial charge in [0.2, 0.25) is 0 Å². The summed E-state index contributed by atoms with van der Waals surface area (Å²) in [5.41, 5.74) is 1.35. The lowest BCUT2D eigenvalue weighted by Crippen LogP contribution is -2.16. The Morgan fingerprint density at radius 2 is 1.79 bits per heavy atom. The highest BCUT2D eigenvalue weighted by molar-refractivity contribution is 6.45. The minimum atomic E-state index is -0.0232. The Bertz CT molecular complexity index is 342. The molecule has 0 fully saturated rings. The number of benzene rings is 1. The summed E-state index contributed by atoms with van der Waals surface area (Å²) in [6.07, 6.45) is 0. The van der Waals surface area contributed by atoms with Gasteiger partial charge in [-0.25, -0.2) is 0 Å². The predicted molar refractivity (Wildman–Crippen MR) is 57.3 cm³/mol. The van der Waals surface area contributed by atoms with E-state index in [1.54, 1.807) is 19.1 Å². The average molecular weight is 190 g/mol. The van der Waals surface area contributed by atoms with Crippen LogP contribution in [0.15, 0.2) is 35.4 Å². The summed E-state index contributed by atoms with van der Waals surface area (Å²) in [6.45, 7) is 1.52. The molecule has 0 spiro atoms. The molecule has 1 aromatic carbocycles. The fourth-order valence-electron chi connectivity index (χ4n) is 1.13. The number of nitrogens with zero attached hydrogens (tertiary/aromatic N) is 2. The second-order valence-corrected chi connectivity index (χ2v) is 3.22. The van der Waals surface area contributed by atoms with Crippen molar-refractivity contribution in [3.8, 4) is 0 Å². The van der Waals surface area contributed by atoms with Crippen molar-refractivity contribution in [1.82, 2.24) is 5.01 Å². The van der Waals surface area contributed by atoms with E-state index in [0.717, 1.165) is 5.56 Å². The van der Waals surface area contributed by atoms with Gasteiger partial charge in [-0.3, -0.25) is 4.79 Å². The summed E-state index contributed by atoms with van der Waals surface area (Å²) in [6, 6.07) is 9.46. The normalized spacial score (nSPS) is 11.2. The van der Waals surface area contributed by atoms with Crippen molar-refractivity contribution in [1.29, 1.82) is 0 Å². The number of ketones is 1. The zero-order valence-electron chi connectivity index (χ0n) is 8.69. The van der Waals surface area contributed by atoms with E-state index in [9.17, 15) is 4.79 Å². The average Bonchev–Trinajstić information content (AvgIpc) is 2.15. The van der Waals surface area contributed by atoms with Gasteiger partial charge in [0.25, 0.3) is 0 Å². The van der Waals surface area contributed by atoms with E-state index < -0.39 is 0 Å². The fraction of sp³-hybridized carbons (Fsp3) is 0.273. The van der Waals surface area contributed by atoms with Crippen LogP contribution in [0.2, 0.25) is 0 Å². The standard InChI is InChI=1S/C11H14N2O/c1-9(14)11(12-13(2)3)10-7-5-4-6-8-10/h4-8H,1-3H3. The third kappa shape index (κ3) is 2.69. The Kier molecular flexibility index (Phi) is 3.40. The molecule has 0 aromatic heterocycles. The minimum absolute atomic E-state index is 0.0232. The van der Waals surface area contributed by atoms with Gasteiger partial charge in [-0.15, -0.1) is 0 Å². The molecule has 14 heavy (non-hydrogen) atoms. The van der Waals surface area contributed by atoms with E-state index in [2.05, 4.69) is 5.10 Å². The quantitative estimate of drug-likeness (QED) is 0.535. The van der Waals surface area contributed by atoms with Crippen molar-refractivity contribution in [3.63, 3.8) is 0 Å². The van der Waals surface area contributed by atoms with Gasteiger partial charge in [0.05, 0.1) is 0 Å². The van der Waals surface area contributed by atoms with Crippen molar-refractivity contribution >= 4 is 11.5 Å². The Labute approximate surface area is 84.0 Å². The monoisotopic (exact) mass is 190 g/mol. The molecular weight excluding hydrogens is 176 g/mol. The van der Waals surface area contributed by atoms with Crippen LogP contribution in [0.25, 0.3) is 0 Å². The van der Waals surface area contributed by atoms with Crippen molar-refractivity contribution in [3.05, 3.63) is 35.9 Å². The number of carbonyl (C=O) groups excluding carboxylic acids is 1. The first-order valence-electron chi connectivity index (χ1n) is 4.43. The lowest BCUT2D eigenvalue weighted by atomic mass is 10.1. The van der Waals surface area contributed by atoms with E-state index in [1.165, 1.54) is 6.92 Å². The van der Waals surface area contributed by atoms with Crippen LogP contribution in [0.1, 0.15) is 12.5 Å². The van der Waals surface area contributed by atoms with E-state index in [-0.39, 0.29) is 5.78 Å². The molecule has 0 radical (unpaired) electrons. The molecule has 0 bridgehead atoms. The molecule has 74 valence electrons. The van der Waals surface area contributed by atoms with Gasteiger partial charge in [0.15, 0.2) is 5.78 Å². The summed E-state index contributed by atoms with van der Waals surface area (Å²) in [7, 11) is 3.60. The lowest BCUT2D eigenvalue weighted by molar-refractivity contribution is -0.111. The SMILES string of the molecule is CC(=O)C(=NN(C)C)c1ccccc1. The highest BCUT2D eigenvalue weighted by atomic mass is 16.1. The van der Waals surface area contributed by atoms with E-state index in [1.807, 2.05) is 30.3 Å². The zero-order valence-corrected chi connectivity index (χ0v) is 8.69. The minimum Gasteiger partial charge on any atom is -0.302 e. The maximum atomic E-state index is 11.3. The highest BCUT2D eigenvalue weighted by Crippen LogP contribution is 2.02. The zero-order chi connectivity index (χ0) is 10.6. The van der Waals surface area contributed by atoms with Crippen molar-refractivity contribution < 1.29 is 4.79 Å². The van der Waals surface area contributed by atoms with Crippen LogP contribution in [-0.4, -0.2) is 30.6 Å². The summed E-state index contributed by atoms with van der Waals surface area (Å²) < 4.78 is 0. The molecule has 0 atom stereocenters. The van der Waals surface area contributed by atoms with E-state index >= 15 is 0 Å². The molecular formula is C11H14N2O. The first-order chi connectivity index (χ1) is 6.61. The Morgan fingerprint density at radius 3 is 2.21 bits per heavy atom. The van der Waals surface area contributed by atoms with Crippen molar-refractivity contribution in [2.24, 2.45) is 5.10 Å². The molecule has 0 aliphatic rings. The van der Waals surface area contributed by atoms with Gasteiger partial charge in [0, 0.05) is 26.6 Å². The number of rotatable bonds is 3. The van der Waals surface area contributed by atoms with Crippen LogP contribution in [-0.2, 0) is 4.79 Å². The molecule has 0 unspecified atom stereocenters. The van der Waals surface area contributed by atoms with Crippen LogP contribution in [0.5, 0.6) is 0 Å². The third-order valence-corrected chi connectivity index (χ3v) is 1.68. The topological polar surface area (TPSA) is 32.7 Å². The molecule has 3 heteroatoms. The number of hydrogen-bond acceptors (Lipinski definition) is 3. The Hall–Kier alpha value is -1.64. The molecule has 1 aromatic rings. The van der Waals surface area contributed by atoms with E-state index in [4.69, 9.17) is 0 Å². The molecule has 0 amide bonds. The van der Waals surface area contributed by atoms with Crippen molar-refractivity contribution in [2.75, 3.05) is 14.1 Å². The summed E-state index contributed by atoms with van der Waals surface area (Å²) >= 11 is 0. The molecule has 3 nitrogen and oxygen atoms in total. The molecule has 0 N–H and O–H groups in total. The maximum Gasteiger partial charge on any atom is 0.180 e. The van der Waals surface area contributed by atoms with Crippen LogP contribution in [0.4, 0.5) is 0 Å². The van der Waals surface area contributed by atoms with Gasteiger partial charge in [-0.1, -0.05) is 30.3 Å². The molecule has 0 aliphatic heterocycles. The predicted octanol–water partition coefficient (Wildman–Crippen LogP) is 1.54. The first-order valence-corrected chi connectivity index (χ1v) is 4.43. The van der Waals surface area contributed by atoms with E-state index in [0.29, 0.717) is 5.71 Å². The maximum absolute atomic E-state index is 11.3. The first kappa shape index (κ1) is 10.4. The van der Waals surface area contributed by atoms with Crippen LogP contribution in [0.3, 0.4) is 0 Å². The van der Waals surface area contributed by atoms with Gasteiger partial charge >= 0.3 is 0 Å². The Morgan fingerprint density at radius 1 is 1.21 bits per heavy atom. The number of hydrogen-bond donors (Lipinski definition) is 0. The van der Waals surface area contributed by atoms with Crippen molar-refractivity contribution in [2.45, 2.75) is 6.92 Å². The number of carbonyl (C=O) groups is 1. The summed E-state index contributed by atoms with van der Waals surface area (Å²) in [5, 5.41) is 5.78. The number of hydrazone groups is 1. The van der Waals surface area contributed by atoms with Gasteiger partial charge in [-0.2, -0.15) is 5.10 Å². The largest absolute Gasteiger partial charge is 0.302 e. The summed E-state index contributed by atoms with van der Waals surface area (Å²) in [5.74, 6) is -0.0232. The van der Waals surface area contributed by atoms with Crippen LogP contribution >= 0.6 is 0 Å². The molecule has 0 saturated carbocycles. The Balaban J connectivity index is 3.08. The molecule has 1 rings (SSSR count). The third-order valence-electron chi connectivity index (χ3n) is 1.68. The second kappa shape index (κ2) is 4.56. The van der Waals surface area contributed by atoms with Crippen LogP contribution in [0, 0.1) is 0 Å². The van der Waals surface area contributed by atoms with Gasteiger partial charge in [-0.05, 0) is 0 Å². The van der Waals surface area contributed by atoms with Crippen LogP contribution < -0.4 is 0 Å². The van der Waals surface area contributed by atoms with Gasteiger partial charge in [0.1, 0.15) is 5.71 Å². The van der Waals surface area contributed by atoms with Gasteiger partial charge < -0.3 is 5.01 Å². The fourth-order valence-corrected chi connectivity index (χ4v) is 1.13. The molecule has 0 aliphatic carbocycles. The molecule has 0 heterocycles. The smallest absolute Gasteiger partial charge is 0.180 e. The molecule has 0 saturated heterocycles. The number of Topliss-reactive ketones (excluding diaryl/α,β-unsaturated/α-hetero) is 1. The second-order valence-electron chi connectivity index (χ2n) is 3.22. The summed E-state index contributed by atoms with van der Waals surface area (Å²) in [4.78, 5) is 11.3. The highest BCUT2D eigenvalue weighted by Gasteiger charge is 2.08.